The molecular formula is C11H8ClF2N3O2. The Bertz CT molecular complexity index is 557. The largest absolute Gasteiger partial charge is 0.430 e. The van der Waals surface area contributed by atoms with Gasteiger partial charge in [-0.05, 0) is 17.2 Å². The van der Waals surface area contributed by atoms with E-state index in [1.165, 1.54) is 18.2 Å². The number of hydrogen-bond donors (Lipinski definition) is 0. The summed E-state index contributed by atoms with van der Waals surface area (Å²) < 4.78 is 32.0. The van der Waals surface area contributed by atoms with Crippen molar-refractivity contribution in [2.45, 2.75) is 12.5 Å². The maximum absolute atomic E-state index is 13.9. The summed E-state index contributed by atoms with van der Waals surface area (Å²) in [5.74, 6) is -5.77. The molecule has 1 rings (SSSR count). The van der Waals surface area contributed by atoms with E-state index in [9.17, 15) is 13.6 Å². The number of rotatable bonds is 5. The first-order valence-electron chi connectivity index (χ1n) is 4.93. The topological polar surface area (TPSA) is 75.1 Å². The summed E-state index contributed by atoms with van der Waals surface area (Å²) in [5, 5.41) is 2.86. The fourth-order valence-electron chi connectivity index (χ4n) is 1.41. The Morgan fingerprint density at radius 2 is 2.32 bits per heavy atom. The van der Waals surface area contributed by atoms with E-state index in [0.29, 0.717) is 6.26 Å². The van der Waals surface area contributed by atoms with Crippen molar-refractivity contribution in [1.82, 2.24) is 0 Å². The number of hydrogen-bond acceptors (Lipinski definition) is 3. The van der Waals surface area contributed by atoms with E-state index in [4.69, 9.17) is 17.1 Å². The van der Waals surface area contributed by atoms with Gasteiger partial charge in [-0.1, -0.05) is 35.4 Å². The summed E-state index contributed by atoms with van der Waals surface area (Å²) >= 11 is 5.69. The zero-order valence-electron chi connectivity index (χ0n) is 9.52. The van der Waals surface area contributed by atoms with Crippen molar-refractivity contribution in [2.24, 2.45) is 5.11 Å². The smallest absolute Gasteiger partial charge is 0.386 e. The third kappa shape index (κ3) is 3.21. The van der Waals surface area contributed by atoms with Gasteiger partial charge in [-0.25, -0.2) is 4.79 Å². The zero-order chi connectivity index (χ0) is 14.5. The van der Waals surface area contributed by atoms with Gasteiger partial charge >= 0.3 is 11.9 Å². The van der Waals surface area contributed by atoms with E-state index in [-0.39, 0.29) is 17.1 Å². The molecule has 100 valence electrons. The number of carbonyl (C=O) groups excluding carboxylic acids is 1. The summed E-state index contributed by atoms with van der Waals surface area (Å²) in [6, 6.07) is 3.89. The van der Waals surface area contributed by atoms with E-state index >= 15 is 0 Å². The van der Waals surface area contributed by atoms with E-state index in [1.807, 2.05) is 0 Å². The third-order valence-electron chi connectivity index (χ3n) is 2.16. The number of nitrogens with zero attached hydrogens (tertiary/aromatic N) is 3. The molecule has 5 nitrogen and oxygen atoms in total. The number of esters is 1. The molecule has 19 heavy (non-hydrogen) atoms. The van der Waals surface area contributed by atoms with Gasteiger partial charge in [-0.2, -0.15) is 8.78 Å². The van der Waals surface area contributed by atoms with Gasteiger partial charge in [-0.3, -0.25) is 0 Å². The van der Waals surface area contributed by atoms with Crippen LogP contribution in [0.3, 0.4) is 0 Å². The zero-order valence-corrected chi connectivity index (χ0v) is 10.3. The van der Waals surface area contributed by atoms with Crippen LogP contribution < -0.4 is 0 Å². The second kappa shape index (κ2) is 6.17. The quantitative estimate of drug-likeness (QED) is 0.270. The minimum atomic E-state index is -3.97. The minimum Gasteiger partial charge on any atom is -0.430 e. The molecule has 0 aliphatic rings. The SMILES string of the molecule is C=COC(=O)C(F)(F)c1c(Cl)cccc1CN=[N+]=[N-]. The molecule has 0 amide bonds. The summed E-state index contributed by atoms with van der Waals surface area (Å²) in [6.07, 6.45) is 0.597. The Morgan fingerprint density at radius 1 is 1.63 bits per heavy atom. The van der Waals surface area contributed by atoms with Crippen molar-refractivity contribution in [3.8, 4) is 0 Å². The lowest BCUT2D eigenvalue weighted by Gasteiger charge is -2.18. The van der Waals surface area contributed by atoms with Crippen molar-refractivity contribution in [1.29, 1.82) is 0 Å². The lowest BCUT2D eigenvalue weighted by molar-refractivity contribution is -0.167. The highest BCUT2D eigenvalue weighted by Crippen LogP contribution is 2.37. The van der Waals surface area contributed by atoms with Crippen LogP contribution in [-0.2, 0) is 22.0 Å². The van der Waals surface area contributed by atoms with Gasteiger partial charge in [0.2, 0.25) is 0 Å². The molecule has 0 heterocycles. The van der Waals surface area contributed by atoms with Gasteiger partial charge < -0.3 is 4.74 Å². The Hall–Kier alpha value is -2.11. The predicted octanol–water partition coefficient (Wildman–Crippen LogP) is 3.93. The van der Waals surface area contributed by atoms with Gasteiger partial charge in [0.05, 0.1) is 23.4 Å². The number of carbonyl (C=O) groups is 1. The lowest BCUT2D eigenvalue weighted by Crippen LogP contribution is -2.28. The maximum atomic E-state index is 13.9. The molecule has 0 fully saturated rings. The van der Waals surface area contributed by atoms with E-state index < -0.39 is 17.5 Å². The molecule has 0 aliphatic heterocycles. The van der Waals surface area contributed by atoms with Gasteiger partial charge in [-0.15, -0.1) is 0 Å². The molecule has 1 aromatic carbocycles. The third-order valence-corrected chi connectivity index (χ3v) is 2.48. The minimum absolute atomic E-state index is 0.0590. The molecule has 0 atom stereocenters. The molecule has 1 aromatic rings. The highest BCUT2D eigenvalue weighted by molar-refractivity contribution is 6.31. The number of halogens is 3. The Kier molecular flexibility index (Phi) is 4.86. The molecule has 0 aromatic heterocycles. The summed E-state index contributed by atoms with van der Waals surface area (Å²) in [6.45, 7) is 2.67. The van der Waals surface area contributed by atoms with Crippen LogP contribution in [0.15, 0.2) is 36.2 Å². The first-order chi connectivity index (χ1) is 8.95. The van der Waals surface area contributed by atoms with Crippen molar-refractivity contribution >= 4 is 17.6 Å². The fraction of sp³-hybridized carbons (Fsp3) is 0.182. The molecule has 0 saturated heterocycles. The summed E-state index contributed by atoms with van der Waals surface area (Å²) in [7, 11) is 0. The normalized spacial score (nSPS) is 10.5. The van der Waals surface area contributed by atoms with Gasteiger partial charge in [0.15, 0.2) is 0 Å². The Balaban J connectivity index is 3.34. The number of alkyl halides is 2. The van der Waals surface area contributed by atoms with Crippen LogP contribution in [0.2, 0.25) is 5.02 Å². The van der Waals surface area contributed by atoms with E-state index in [2.05, 4.69) is 21.3 Å². The molecule has 0 aliphatic carbocycles. The highest BCUT2D eigenvalue weighted by atomic mass is 35.5. The maximum Gasteiger partial charge on any atom is 0.386 e. The Labute approximate surface area is 112 Å². The number of azide groups is 1. The lowest BCUT2D eigenvalue weighted by atomic mass is 10.0. The highest BCUT2D eigenvalue weighted by Gasteiger charge is 2.45. The van der Waals surface area contributed by atoms with E-state index in [0.717, 1.165) is 0 Å². The van der Waals surface area contributed by atoms with Crippen LogP contribution >= 0.6 is 11.6 Å². The molecule has 0 bridgehead atoms. The average Bonchev–Trinajstić information content (AvgIpc) is 2.36. The van der Waals surface area contributed by atoms with Crippen LogP contribution in [0.5, 0.6) is 0 Å². The van der Waals surface area contributed by atoms with Crippen molar-refractivity contribution in [2.75, 3.05) is 0 Å². The molecule has 0 unspecified atom stereocenters. The second-order valence-corrected chi connectivity index (χ2v) is 3.72. The first-order valence-corrected chi connectivity index (χ1v) is 5.31. The van der Waals surface area contributed by atoms with Crippen molar-refractivity contribution < 1.29 is 18.3 Å². The standard InChI is InChI=1S/C11H8ClF2N3O2/c1-2-19-10(18)11(13,14)9-7(6-16-17-15)4-3-5-8(9)12/h2-5H,1,6H2. The molecule has 0 radical (unpaired) electrons. The van der Waals surface area contributed by atoms with Gasteiger partial charge in [0.25, 0.3) is 0 Å². The van der Waals surface area contributed by atoms with Crippen LogP contribution in [0.4, 0.5) is 8.78 Å². The van der Waals surface area contributed by atoms with Crippen LogP contribution in [0.25, 0.3) is 10.4 Å². The molecule has 8 heteroatoms. The predicted molar refractivity (Wildman–Crippen MR) is 64.5 cm³/mol. The number of benzene rings is 1. The van der Waals surface area contributed by atoms with Crippen molar-refractivity contribution in [3.63, 3.8) is 0 Å². The summed E-state index contributed by atoms with van der Waals surface area (Å²) in [4.78, 5) is 13.7. The molecule has 0 spiro atoms. The van der Waals surface area contributed by atoms with Crippen molar-refractivity contribution in [3.05, 3.63) is 57.6 Å². The number of ether oxygens (including phenoxy) is 1. The van der Waals surface area contributed by atoms with E-state index in [1.54, 1.807) is 0 Å². The van der Waals surface area contributed by atoms with Crippen LogP contribution in [-0.4, -0.2) is 5.97 Å². The summed E-state index contributed by atoms with van der Waals surface area (Å²) in [5.41, 5.74) is 7.42. The first kappa shape index (κ1) is 14.9. The molecular weight excluding hydrogens is 280 g/mol. The average molecular weight is 288 g/mol. The Morgan fingerprint density at radius 3 is 2.89 bits per heavy atom. The van der Waals surface area contributed by atoms with Gasteiger partial charge in [0.1, 0.15) is 0 Å². The van der Waals surface area contributed by atoms with Crippen LogP contribution in [0.1, 0.15) is 11.1 Å². The van der Waals surface area contributed by atoms with Crippen LogP contribution in [0, 0.1) is 0 Å². The fourth-order valence-corrected chi connectivity index (χ4v) is 1.72. The monoisotopic (exact) mass is 287 g/mol. The molecule has 0 N–H and O–H groups in total. The van der Waals surface area contributed by atoms with Gasteiger partial charge in [0, 0.05) is 4.91 Å². The second-order valence-electron chi connectivity index (χ2n) is 3.31. The molecule has 0 saturated carbocycles.